The number of rotatable bonds is 8. The fourth-order valence-corrected chi connectivity index (χ4v) is 4.48. The molecular formula is C14H22F2O2Si. The van der Waals surface area contributed by atoms with Crippen molar-refractivity contribution in [2.45, 2.75) is 38.3 Å². The molecule has 0 aromatic heterocycles. The lowest BCUT2D eigenvalue weighted by atomic mass is 10.1. The molecule has 0 bridgehead atoms. The highest BCUT2D eigenvalue weighted by molar-refractivity contribution is 6.67. The third-order valence-corrected chi connectivity index (χ3v) is 7.23. The van der Waals surface area contributed by atoms with Crippen LogP contribution >= 0.6 is 0 Å². The SMILES string of the molecule is CC[Si](CCCCc1ccc(F)cc1F)(OC)OC. The van der Waals surface area contributed by atoms with Crippen LogP contribution in [0, 0.1) is 11.6 Å². The zero-order valence-corrected chi connectivity index (χ0v) is 12.8. The van der Waals surface area contributed by atoms with Gasteiger partial charge in [0.1, 0.15) is 11.6 Å². The number of hydrogen-bond donors (Lipinski definition) is 0. The molecule has 1 rings (SSSR count). The van der Waals surface area contributed by atoms with E-state index in [1.54, 1.807) is 14.2 Å². The Hall–Kier alpha value is -0.783. The van der Waals surface area contributed by atoms with E-state index in [0.29, 0.717) is 12.0 Å². The lowest BCUT2D eigenvalue weighted by molar-refractivity contribution is 0.241. The molecule has 0 aliphatic heterocycles. The van der Waals surface area contributed by atoms with E-state index in [1.165, 1.54) is 12.1 Å². The summed E-state index contributed by atoms with van der Waals surface area (Å²) < 4.78 is 37.2. The van der Waals surface area contributed by atoms with Crippen molar-refractivity contribution in [1.29, 1.82) is 0 Å². The molecular weight excluding hydrogens is 266 g/mol. The van der Waals surface area contributed by atoms with E-state index in [9.17, 15) is 8.78 Å². The second kappa shape index (κ2) is 7.72. The van der Waals surface area contributed by atoms with Crippen molar-refractivity contribution < 1.29 is 17.6 Å². The standard InChI is InChI=1S/C14H22F2O2Si/c1-4-19(17-2,18-3)10-6-5-7-12-8-9-13(15)11-14(12)16/h8-9,11H,4-7,10H2,1-3H3. The lowest BCUT2D eigenvalue weighted by Crippen LogP contribution is -2.38. The number of halogens is 2. The van der Waals surface area contributed by atoms with Crippen LogP contribution in [-0.4, -0.2) is 22.8 Å². The van der Waals surface area contributed by atoms with Crippen LogP contribution in [0.1, 0.15) is 25.3 Å². The largest absolute Gasteiger partial charge is 0.398 e. The Kier molecular flexibility index (Phi) is 6.61. The summed E-state index contributed by atoms with van der Waals surface area (Å²) in [5.41, 5.74) is 0.569. The van der Waals surface area contributed by atoms with Crippen molar-refractivity contribution in [2.75, 3.05) is 14.2 Å². The molecule has 0 radical (unpaired) electrons. The van der Waals surface area contributed by atoms with E-state index < -0.39 is 20.2 Å². The van der Waals surface area contributed by atoms with Crippen molar-refractivity contribution >= 4 is 8.56 Å². The molecule has 0 spiro atoms. The molecule has 1 aromatic rings. The zero-order chi connectivity index (χ0) is 14.3. The molecule has 0 atom stereocenters. The average Bonchev–Trinajstić information content (AvgIpc) is 2.42. The molecule has 19 heavy (non-hydrogen) atoms. The van der Waals surface area contributed by atoms with E-state index >= 15 is 0 Å². The molecule has 0 unspecified atom stereocenters. The van der Waals surface area contributed by atoms with Gasteiger partial charge in [0.25, 0.3) is 0 Å². The van der Waals surface area contributed by atoms with Gasteiger partial charge in [-0.3, -0.25) is 0 Å². The molecule has 0 aliphatic rings. The topological polar surface area (TPSA) is 18.5 Å². The first-order chi connectivity index (χ1) is 9.06. The van der Waals surface area contributed by atoms with Gasteiger partial charge in [-0.2, -0.15) is 0 Å². The zero-order valence-electron chi connectivity index (χ0n) is 11.8. The summed E-state index contributed by atoms with van der Waals surface area (Å²) in [7, 11) is 1.35. The third-order valence-electron chi connectivity index (χ3n) is 3.55. The van der Waals surface area contributed by atoms with Crippen molar-refractivity contribution in [1.82, 2.24) is 0 Å². The van der Waals surface area contributed by atoms with Crippen LogP contribution < -0.4 is 0 Å². The van der Waals surface area contributed by atoms with Gasteiger partial charge in [-0.1, -0.05) is 19.4 Å². The van der Waals surface area contributed by atoms with E-state index in [2.05, 4.69) is 6.92 Å². The van der Waals surface area contributed by atoms with Crippen LogP contribution in [0.5, 0.6) is 0 Å². The smallest absolute Gasteiger partial charge is 0.337 e. The molecule has 1 aromatic carbocycles. The van der Waals surface area contributed by atoms with Crippen LogP contribution in [0.2, 0.25) is 12.1 Å². The van der Waals surface area contributed by atoms with Crippen LogP contribution in [-0.2, 0) is 15.3 Å². The fourth-order valence-electron chi connectivity index (χ4n) is 2.19. The van der Waals surface area contributed by atoms with Gasteiger partial charge in [0.15, 0.2) is 0 Å². The van der Waals surface area contributed by atoms with Crippen molar-refractivity contribution in [3.63, 3.8) is 0 Å². The van der Waals surface area contributed by atoms with Gasteiger partial charge in [0, 0.05) is 20.3 Å². The van der Waals surface area contributed by atoms with E-state index in [-0.39, 0.29) is 0 Å². The van der Waals surface area contributed by atoms with Crippen molar-refractivity contribution in [3.8, 4) is 0 Å². The highest BCUT2D eigenvalue weighted by atomic mass is 28.4. The van der Waals surface area contributed by atoms with Gasteiger partial charge >= 0.3 is 8.56 Å². The number of benzene rings is 1. The Morgan fingerprint density at radius 2 is 1.79 bits per heavy atom. The van der Waals surface area contributed by atoms with E-state index in [0.717, 1.165) is 31.0 Å². The van der Waals surface area contributed by atoms with Gasteiger partial charge in [-0.05, 0) is 36.6 Å². The third kappa shape index (κ3) is 4.67. The Bertz CT molecular complexity index is 387. The van der Waals surface area contributed by atoms with Crippen LogP contribution in [0.4, 0.5) is 8.78 Å². The molecule has 0 N–H and O–H groups in total. The summed E-state index contributed by atoms with van der Waals surface area (Å²) in [5.74, 6) is -0.991. The highest BCUT2D eigenvalue weighted by Gasteiger charge is 2.32. The normalized spacial score (nSPS) is 11.8. The molecule has 0 saturated carbocycles. The number of unbranched alkanes of at least 4 members (excludes halogenated alkanes) is 1. The minimum atomic E-state index is -2.03. The molecule has 0 fully saturated rings. The number of hydrogen-bond acceptors (Lipinski definition) is 2. The first-order valence-corrected chi connectivity index (χ1v) is 8.84. The molecule has 2 nitrogen and oxygen atoms in total. The van der Waals surface area contributed by atoms with Crippen LogP contribution in [0.3, 0.4) is 0 Å². The molecule has 0 saturated heterocycles. The van der Waals surface area contributed by atoms with Gasteiger partial charge in [-0.25, -0.2) is 8.78 Å². The van der Waals surface area contributed by atoms with E-state index in [4.69, 9.17) is 8.85 Å². The summed E-state index contributed by atoms with van der Waals surface area (Å²) in [6.45, 7) is 2.07. The Morgan fingerprint density at radius 3 is 2.32 bits per heavy atom. The van der Waals surface area contributed by atoms with Crippen LogP contribution in [0.25, 0.3) is 0 Å². The predicted molar refractivity (Wildman–Crippen MR) is 74.4 cm³/mol. The quantitative estimate of drug-likeness (QED) is 0.531. The molecule has 0 amide bonds. The van der Waals surface area contributed by atoms with Crippen molar-refractivity contribution in [2.24, 2.45) is 0 Å². The summed E-state index contributed by atoms with van der Waals surface area (Å²) >= 11 is 0. The molecule has 5 heteroatoms. The maximum atomic E-state index is 13.4. The molecule has 0 heterocycles. The van der Waals surface area contributed by atoms with Gasteiger partial charge in [-0.15, -0.1) is 0 Å². The maximum Gasteiger partial charge on any atom is 0.337 e. The fraction of sp³-hybridized carbons (Fsp3) is 0.571. The summed E-state index contributed by atoms with van der Waals surface area (Å²) in [6, 6.07) is 5.56. The monoisotopic (exact) mass is 288 g/mol. The summed E-state index contributed by atoms with van der Waals surface area (Å²) in [6.07, 6.45) is 2.40. The first-order valence-electron chi connectivity index (χ1n) is 6.61. The minimum absolute atomic E-state index is 0.461. The van der Waals surface area contributed by atoms with Gasteiger partial charge in [0.05, 0.1) is 0 Å². The molecule has 0 aliphatic carbocycles. The minimum Gasteiger partial charge on any atom is -0.398 e. The van der Waals surface area contributed by atoms with Gasteiger partial charge in [0.2, 0.25) is 0 Å². The number of aryl methyl sites for hydroxylation is 1. The van der Waals surface area contributed by atoms with Gasteiger partial charge < -0.3 is 8.85 Å². The maximum absolute atomic E-state index is 13.4. The van der Waals surface area contributed by atoms with Crippen LogP contribution in [0.15, 0.2) is 18.2 Å². The second-order valence-electron chi connectivity index (χ2n) is 4.62. The summed E-state index contributed by atoms with van der Waals surface area (Å²) in [4.78, 5) is 0. The second-order valence-corrected chi connectivity index (χ2v) is 8.46. The predicted octanol–water partition coefficient (Wildman–Crippen LogP) is 4.04. The Labute approximate surface area is 115 Å². The molecule has 108 valence electrons. The Morgan fingerprint density at radius 1 is 1.11 bits per heavy atom. The first kappa shape index (κ1) is 16.3. The summed E-state index contributed by atoms with van der Waals surface area (Å²) in [5, 5.41) is 0. The van der Waals surface area contributed by atoms with E-state index in [1.807, 2.05) is 0 Å². The average molecular weight is 288 g/mol. The van der Waals surface area contributed by atoms with Crippen molar-refractivity contribution in [3.05, 3.63) is 35.4 Å². The highest BCUT2D eigenvalue weighted by Crippen LogP contribution is 2.21. The Balaban J connectivity index is 2.42. The lowest BCUT2D eigenvalue weighted by Gasteiger charge is -2.25.